The fourth-order valence-corrected chi connectivity index (χ4v) is 4.00. The first-order chi connectivity index (χ1) is 16.3. The van der Waals surface area contributed by atoms with Gasteiger partial charge in [-0.2, -0.15) is 0 Å². The third kappa shape index (κ3) is 6.32. The lowest BCUT2D eigenvalue weighted by Gasteiger charge is -2.21. The van der Waals surface area contributed by atoms with Crippen LogP contribution in [0, 0.1) is 6.92 Å². The number of fused-ring (bicyclic) bond motifs is 1. The number of amides is 1. The molecule has 4 nitrogen and oxygen atoms in total. The Morgan fingerprint density at radius 2 is 1.79 bits per heavy atom. The first kappa shape index (κ1) is 25.6. The molecule has 3 aromatic rings. The van der Waals surface area contributed by atoms with E-state index in [1.165, 1.54) is 0 Å². The van der Waals surface area contributed by atoms with Crippen molar-refractivity contribution in [1.29, 1.82) is 0 Å². The Kier molecular flexibility index (Phi) is 8.26. The lowest BCUT2D eigenvalue weighted by atomic mass is 9.96. The van der Waals surface area contributed by atoms with Crippen molar-refractivity contribution in [2.24, 2.45) is 0 Å². The number of carbonyl (C=O) groups is 1. The van der Waals surface area contributed by atoms with E-state index in [-0.39, 0.29) is 20.9 Å². The van der Waals surface area contributed by atoms with E-state index in [4.69, 9.17) is 4.74 Å². The highest BCUT2D eigenvalue weighted by Crippen LogP contribution is 2.48. The molecule has 1 amide bonds. The Balaban J connectivity index is 0.00000158. The molecule has 1 saturated carbocycles. The van der Waals surface area contributed by atoms with Gasteiger partial charge in [-0.3, -0.25) is 4.79 Å². The Hall–Kier alpha value is -2.99. The van der Waals surface area contributed by atoms with E-state index in [2.05, 4.69) is 34.9 Å². The highest BCUT2D eigenvalue weighted by molar-refractivity contribution is 5.97. The van der Waals surface area contributed by atoms with Crippen LogP contribution >= 0.6 is 0 Å². The van der Waals surface area contributed by atoms with Gasteiger partial charge in [0.15, 0.2) is 0 Å². The minimum Gasteiger partial charge on any atom is -0.492 e. The van der Waals surface area contributed by atoms with Crippen LogP contribution in [0.2, 0.25) is 0 Å². The molecule has 3 aromatic carbocycles. The maximum Gasteiger partial charge on any atom is 0.257 e. The smallest absolute Gasteiger partial charge is 0.257 e. The summed E-state index contributed by atoms with van der Waals surface area (Å²) in [5.41, 5.74) is 2.21. The van der Waals surface area contributed by atoms with Crippen molar-refractivity contribution in [3.8, 4) is 5.75 Å². The standard InChI is InChI=1S/C26H28F2N2O2.C2H6.2H2/c1-18-10-11-20(32-15-14-29-17-25(2,27)28)16-22(18)24(31)30-26(12-13-26)23-9-5-7-19-6-3-4-8-21(19)23;1-2;;/h3-11,16,29H,12-15,17H2,1-2H3,(H,30,31);1-2H3;2*1H. The van der Waals surface area contributed by atoms with Crippen molar-refractivity contribution >= 4 is 16.7 Å². The molecule has 0 bridgehead atoms. The number of hydrogen-bond donors (Lipinski definition) is 2. The Labute approximate surface area is 203 Å². The van der Waals surface area contributed by atoms with E-state index in [0.717, 1.165) is 41.7 Å². The number of ether oxygens (including phenoxy) is 1. The molecule has 0 saturated heterocycles. The lowest BCUT2D eigenvalue weighted by Crippen LogP contribution is -2.35. The molecule has 0 radical (unpaired) electrons. The first-order valence-electron chi connectivity index (χ1n) is 11.9. The molecule has 1 aliphatic carbocycles. The Bertz CT molecular complexity index is 1130. The van der Waals surface area contributed by atoms with Crippen molar-refractivity contribution < 1.29 is 21.2 Å². The molecule has 2 N–H and O–H groups in total. The second kappa shape index (κ2) is 11.0. The summed E-state index contributed by atoms with van der Waals surface area (Å²) >= 11 is 0. The van der Waals surface area contributed by atoms with Crippen LogP contribution < -0.4 is 15.4 Å². The summed E-state index contributed by atoms with van der Waals surface area (Å²) in [5, 5.41) is 8.24. The van der Waals surface area contributed by atoms with Gasteiger partial charge >= 0.3 is 0 Å². The molecule has 0 spiro atoms. The average molecular weight is 473 g/mol. The zero-order chi connectivity index (χ0) is 24.8. The van der Waals surface area contributed by atoms with E-state index in [9.17, 15) is 13.6 Å². The van der Waals surface area contributed by atoms with E-state index >= 15 is 0 Å². The Morgan fingerprint density at radius 3 is 2.50 bits per heavy atom. The van der Waals surface area contributed by atoms with E-state index in [1.807, 2.05) is 45.0 Å². The van der Waals surface area contributed by atoms with Crippen molar-refractivity contribution in [2.45, 2.75) is 52.0 Å². The minimum absolute atomic E-state index is 0. The van der Waals surface area contributed by atoms with Crippen LogP contribution in [0.1, 0.15) is 58.0 Å². The van der Waals surface area contributed by atoms with Gasteiger partial charge in [0.05, 0.1) is 12.1 Å². The number of aryl methyl sites for hydroxylation is 1. The van der Waals surface area contributed by atoms with Gasteiger partial charge in [0, 0.05) is 21.9 Å². The molecule has 6 heteroatoms. The summed E-state index contributed by atoms with van der Waals surface area (Å²) in [4.78, 5) is 13.2. The molecule has 34 heavy (non-hydrogen) atoms. The van der Waals surface area contributed by atoms with Crippen molar-refractivity contribution in [3.63, 3.8) is 0 Å². The van der Waals surface area contributed by atoms with Crippen LogP contribution in [0.25, 0.3) is 10.8 Å². The highest BCUT2D eigenvalue weighted by Gasteiger charge is 2.46. The Morgan fingerprint density at radius 1 is 1.09 bits per heavy atom. The number of alkyl halides is 2. The second-order valence-electron chi connectivity index (χ2n) is 8.64. The average Bonchev–Trinajstić information content (AvgIpc) is 3.60. The van der Waals surface area contributed by atoms with Gasteiger partial charge < -0.3 is 15.4 Å². The fraction of sp³-hybridized carbons (Fsp3) is 0.393. The molecule has 0 unspecified atom stereocenters. The van der Waals surface area contributed by atoms with Crippen molar-refractivity contribution in [1.82, 2.24) is 10.6 Å². The van der Waals surface area contributed by atoms with E-state index in [1.54, 1.807) is 12.1 Å². The van der Waals surface area contributed by atoms with Crippen LogP contribution in [0.4, 0.5) is 8.78 Å². The molecule has 0 atom stereocenters. The van der Waals surface area contributed by atoms with Crippen molar-refractivity contribution in [2.75, 3.05) is 19.7 Å². The summed E-state index contributed by atoms with van der Waals surface area (Å²) in [6, 6.07) is 19.8. The zero-order valence-electron chi connectivity index (χ0n) is 20.4. The summed E-state index contributed by atoms with van der Waals surface area (Å²) in [7, 11) is 0. The van der Waals surface area contributed by atoms with Crippen molar-refractivity contribution in [3.05, 3.63) is 77.4 Å². The second-order valence-corrected chi connectivity index (χ2v) is 8.64. The van der Waals surface area contributed by atoms with E-state index in [0.29, 0.717) is 17.9 Å². The zero-order valence-corrected chi connectivity index (χ0v) is 20.4. The lowest BCUT2D eigenvalue weighted by molar-refractivity contribution is 0.0222. The van der Waals surface area contributed by atoms with Gasteiger partial charge in [0.2, 0.25) is 0 Å². The summed E-state index contributed by atoms with van der Waals surface area (Å²) in [5.74, 6) is -2.35. The molecular weight excluding hydrogens is 434 g/mol. The molecule has 0 aliphatic heterocycles. The predicted molar refractivity (Wildman–Crippen MR) is 138 cm³/mol. The van der Waals surface area contributed by atoms with Crippen LogP contribution in [0.5, 0.6) is 5.75 Å². The van der Waals surface area contributed by atoms with Gasteiger partial charge in [-0.1, -0.05) is 62.4 Å². The summed E-state index contributed by atoms with van der Waals surface area (Å²) in [6.45, 7) is 6.90. The van der Waals surface area contributed by atoms with Gasteiger partial charge in [0.1, 0.15) is 12.4 Å². The first-order valence-corrected chi connectivity index (χ1v) is 11.9. The number of halogens is 2. The highest BCUT2D eigenvalue weighted by atomic mass is 19.3. The molecule has 0 heterocycles. The molecular formula is C28H38F2N2O2. The normalized spacial score (nSPS) is 14.2. The third-order valence-electron chi connectivity index (χ3n) is 5.84. The quantitative estimate of drug-likeness (QED) is 0.340. The van der Waals surface area contributed by atoms with Crippen LogP contribution in [-0.4, -0.2) is 31.5 Å². The number of carbonyl (C=O) groups excluding carboxylic acids is 1. The molecule has 1 fully saturated rings. The third-order valence-corrected chi connectivity index (χ3v) is 5.84. The maximum atomic E-state index is 13.2. The monoisotopic (exact) mass is 472 g/mol. The minimum atomic E-state index is -2.75. The van der Waals surface area contributed by atoms with Gasteiger partial charge in [0.25, 0.3) is 11.8 Å². The van der Waals surface area contributed by atoms with Gasteiger partial charge in [-0.15, -0.1) is 0 Å². The topological polar surface area (TPSA) is 50.4 Å². The SMILES string of the molecule is CC.Cc1ccc(OCCNCC(C)(F)F)cc1C(=O)NC1(c2cccc3ccccc23)CC1.[HH].[HH]. The molecule has 186 valence electrons. The maximum absolute atomic E-state index is 13.2. The predicted octanol–water partition coefficient (Wildman–Crippen LogP) is 6.71. The molecule has 0 aromatic heterocycles. The number of nitrogens with one attached hydrogen (secondary N) is 2. The summed E-state index contributed by atoms with van der Waals surface area (Å²) in [6.07, 6.45) is 1.80. The number of rotatable bonds is 9. The number of benzene rings is 3. The fourth-order valence-electron chi connectivity index (χ4n) is 4.00. The largest absolute Gasteiger partial charge is 0.492 e. The van der Waals surface area contributed by atoms with Crippen LogP contribution in [0.15, 0.2) is 60.7 Å². The number of hydrogen-bond acceptors (Lipinski definition) is 3. The van der Waals surface area contributed by atoms with Gasteiger partial charge in [-0.05, 0) is 53.8 Å². The molecule has 4 rings (SSSR count). The van der Waals surface area contributed by atoms with Crippen LogP contribution in [0.3, 0.4) is 0 Å². The summed E-state index contributed by atoms with van der Waals surface area (Å²) < 4.78 is 31.4. The van der Waals surface area contributed by atoms with Crippen LogP contribution in [-0.2, 0) is 5.54 Å². The molecule has 1 aliphatic rings. The van der Waals surface area contributed by atoms with E-state index < -0.39 is 12.5 Å². The van der Waals surface area contributed by atoms with Gasteiger partial charge in [-0.25, -0.2) is 8.78 Å².